The topological polar surface area (TPSA) is 45.7 Å². The third kappa shape index (κ3) is 8.03. The molecule has 2 aromatic rings. The van der Waals surface area contributed by atoms with Crippen LogP contribution in [0.25, 0.3) is 0 Å². The van der Waals surface area contributed by atoms with E-state index in [1.54, 1.807) is 19.2 Å². The van der Waals surface area contributed by atoms with Crippen molar-refractivity contribution in [3.63, 3.8) is 0 Å². The zero-order valence-electron chi connectivity index (χ0n) is 15.5. The van der Waals surface area contributed by atoms with Crippen molar-refractivity contribution in [2.75, 3.05) is 13.6 Å². The highest BCUT2D eigenvalue weighted by Crippen LogP contribution is 2.13. The lowest BCUT2D eigenvalue weighted by Gasteiger charge is -2.13. The predicted molar refractivity (Wildman–Crippen MR) is 116 cm³/mol. The van der Waals surface area contributed by atoms with Crippen LogP contribution in [0.15, 0.2) is 53.5 Å². The second-order valence-corrected chi connectivity index (χ2v) is 6.04. The number of hydrogen-bond acceptors (Lipinski definition) is 2. The van der Waals surface area contributed by atoms with Crippen molar-refractivity contribution in [2.24, 2.45) is 4.99 Å². The fraction of sp³-hybridized carbons (Fsp3) is 0.350. The first kappa shape index (κ1) is 22.2. The van der Waals surface area contributed by atoms with Crippen LogP contribution in [-0.4, -0.2) is 25.7 Å². The molecule has 0 fully saturated rings. The van der Waals surface area contributed by atoms with Gasteiger partial charge in [-0.15, -0.1) is 24.0 Å². The number of guanidine groups is 1. The van der Waals surface area contributed by atoms with Crippen LogP contribution in [-0.2, 0) is 13.0 Å². The van der Waals surface area contributed by atoms with Crippen LogP contribution in [0.3, 0.4) is 0 Å². The van der Waals surface area contributed by atoms with Crippen molar-refractivity contribution >= 4 is 29.9 Å². The van der Waals surface area contributed by atoms with E-state index >= 15 is 0 Å². The molecule has 0 radical (unpaired) electrons. The first-order valence-electron chi connectivity index (χ1n) is 8.51. The van der Waals surface area contributed by atoms with E-state index in [0.29, 0.717) is 13.1 Å². The van der Waals surface area contributed by atoms with Gasteiger partial charge in [-0.2, -0.15) is 0 Å². The Hall–Kier alpha value is -1.83. The Balaban J connectivity index is 0.00000338. The number of rotatable bonds is 7. The van der Waals surface area contributed by atoms with Crippen molar-refractivity contribution in [3.8, 4) is 5.75 Å². The summed E-state index contributed by atoms with van der Waals surface area (Å²) in [5, 5.41) is 6.50. The van der Waals surface area contributed by atoms with Crippen LogP contribution in [0.4, 0.5) is 4.39 Å². The van der Waals surface area contributed by atoms with E-state index < -0.39 is 0 Å². The Morgan fingerprint density at radius 2 is 1.81 bits per heavy atom. The molecule has 0 atom stereocenters. The number of hydrogen-bond donors (Lipinski definition) is 2. The smallest absolute Gasteiger partial charge is 0.191 e. The molecule has 0 spiro atoms. The van der Waals surface area contributed by atoms with Gasteiger partial charge in [0.15, 0.2) is 5.96 Å². The van der Waals surface area contributed by atoms with E-state index in [1.807, 2.05) is 44.2 Å². The minimum atomic E-state index is -0.204. The van der Waals surface area contributed by atoms with Gasteiger partial charge in [-0.05, 0) is 55.7 Å². The fourth-order valence-electron chi connectivity index (χ4n) is 2.38. The SMILES string of the molecule is CN=C(NCCc1cccc(F)c1)NCc1ccc(OC(C)C)cc1.I. The zero-order valence-corrected chi connectivity index (χ0v) is 17.8. The van der Waals surface area contributed by atoms with Crippen LogP contribution < -0.4 is 15.4 Å². The van der Waals surface area contributed by atoms with Crippen molar-refractivity contribution in [1.29, 1.82) is 0 Å². The lowest BCUT2D eigenvalue weighted by atomic mass is 10.1. The maximum Gasteiger partial charge on any atom is 0.191 e. The molecule has 0 aliphatic rings. The number of ether oxygens (including phenoxy) is 1. The molecule has 2 N–H and O–H groups in total. The van der Waals surface area contributed by atoms with Gasteiger partial charge in [0.1, 0.15) is 11.6 Å². The van der Waals surface area contributed by atoms with E-state index in [1.165, 1.54) is 6.07 Å². The summed E-state index contributed by atoms with van der Waals surface area (Å²) in [7, 11) is 1.73. The molecule has 0 saturated carbocycles. The summed E-state index contributed by atoms with van der Waals surface area (Å²) in [6.45, 7) is 5.37. The van der Waals surface area contributed by atoms with Gasteiger partial charge in [0.05, 0.1) is 6.10 Å². The zero-order chi connectivity index (χ0) is 18.1. The molecular weight excluding hydrogens is 444 g/mol. The maximum atomic E-state index is 13.2. The van der Waals surface area contributed by atoms with E-state index in [0.717, 1.165) is 29.3 Å². The number of nitrogens with zero attached hydrogens (tertiary/aromatic N) is 1. The fourth-order valence-corrected chi connectivity index (χ4v) is 2.38. The monoisotopic (exact) mass is 471 g/mol. The summed E-state index contributed by atoms with van der Waals surface area (Å²) in [4.78, 5) is 4.20. The van der Waals surface area contributed by atoms with Crippen molar-refractivity contribution in [2.45, 2.75) is 32.9 Å². The number of aliphatic imine (C=N–C) groups is 1. The van der Waals surface area contributed by atoms with E-state index in [4.69, 9.17) is 4.74 Å². The van der Waals surface area contributed by atoms with Crippen LogP contribution in [0.1, 0.15) is 25.0 Å². The summed E-state index contributed by atoms with van der Waals surface area (Å²) in [5.41, 5.74) is 2.10. The van der Waals surface area contributed by atoms with Crippen molar-refractivity contribution in [3.05, 3.63) is 65.5 Å². The Bertz CT molecular complexity index is 690. The Morgan fingerprint density at radius 3 is 2.42 bits per heavy atom. The van der Waals surface area contributed by atoms with Crippen LogP contribution >= 0.6 is 24.0 Å². The molecule has 0 unspecified atom stereocenters. The van der Waals surface area contributed by atoms with E-state index in [9.17, 15) is 4.39 Å². The summed E-state index contributed by atoms with van der Waals surface area (Å²) in [5.74, 6) is 1.39. The normalized spacial score (nSPS) is 11.0. The van der Waals surface area contributed by atoms with Gasteiger partial charge in [0.2, 0.25) is 0 Å². The lowest BCUT2D eigenvalue weighted by molar-refractivity contribution is 0.242. The van der Waals surface area contributed by atoms with Crippen molar-refractivity contribution in [1.82, 2.24) is 10.6 Å². The molecule has 142 valence electrons. The minimum Gasteiger partial charge on any atom is -0.491 e. The molecule has 2 aromatic carbocycles. The second-order valence-electron chi connectivity index (χ2n) is 6.04. The standard InChI is InChI=1S/C20H26FN3O.HI/c1-15(2)25-19-9-7-17(8-10-19)14-24-20(22-3)23-12-11-16-5-4-6-18(21)13-16;/h4-10,13,15H,11-12,14H2,1-3H3,(H2,22,23,24);1H. The van der Waals surface area contributed by atoms with Crippen LogP contribution in [0.5, 0.6) is 5.75 Å². The summed E-state index contributed by atoms with van der Waals surface area (Å²) in [6.07, 6.45) is 0.907. The molecule has 0 amide bonds. The second kappa shape index (κ2) is 11.7. The summed E-state index contributed by atoms with van der Waals surface area (Å²) in [6, 6.07) is 14.7. The Morgan fingerprint density at radius 1 is 1.08 bits per heavy atom. The number of nitrogens with one attached hydrogen (secondary N) is 2. The molecule has 0 bridgehead atoms. The van der Waals surface area contributed by atoms with Gasteiger partial charge < -0.3 is 15.4 Å². The Labute approximate surface area is 172 Å². The largest absolute Gasteiger partial charge is 0.491 e. The minimum absolute atomic E-state index is 0. The van der Waals surface area contributed by atoms with Crippen molar-refractivity contribution < 1.29 is 9.13 Å². The third-order valence-electron chi connectivity index (χ3n) is 3.57. The molecule has 26 heavy (non-hydrogen) atoms. The van der Waals surface area contributed by atoms with Gasteiger partial charge in [-0.25, -0.2) is 4.39 Å². The van der Waals surface area contributed by atoms with Crippen LogP contribution in [0.2, 0.25) is 0 Å². The highest BCUT2D eigenvalue weighted by molar-refractivity contribution is 14.0. The van der Waals surface area contributed by atoms with E-state index in [-0.39, 0.29) is 35.9 Å². The lowest BCUT2D eigenvalue weighted by Crippen LogP contribution is -2.37. The molecular formula is C20H27FIN3O. The molecule has 0 saturated heterocycles. The van der Waals surface area contributed by atoms with Gasteiger partial charge >= 0.3 is 0 Å². The molecule has 0 aliphatic carbocycles. The van der Waals surface area contributed by atoms with Gasteiger partial charge in [0, 0.05) is 20.1 Å². The first-order valence-corrected chi connectivity index (χ1v) is 8.51. The average molecular weight is 471 g/mol. The number of halogens is 2. The van der Waals surface area contributed by atoms with Gasteiger partial charge in [-0.3, -0.25) is 4.99 Å². The highest BCUT2D eigenvalue weighted by atomic mass is 127. The molecule has 6 heteroatoms. The molecule has 0 aromatic heterocycles. The maximum absolute atomic E-state index is 13.2. The first-order chi connectivity index (χ1) is 12.1. The molecule has 0 aliphatic heterocycles. The summed E-state index contributed by atoms with van der Waals surface area (Å²) < 4.78 is 18.8. The van der Waals surface area contributed by atoms with Gasteiger partial charge in [-0.1, -0.05) is 24.3 Å². The highest BCUT2D eigenvalue weighted by Gasteiger charge is 2.01. The average Bonchev–Trinajstić information content (AvgIpc) is 2.59. The van der Waals surface area contributed by atoms with Gasteiger partial charge in [0.25, 0.3) is 0 Å². The quantitative estimate of drug-likeness (QED) is 0.363. The van der Waals surface area contributed by atoms with E-state index in [2.05, 4.69) is 15.6 Å². The Kier molecular flexibility index (Phi) is 10.0. The van der Waals surface area contributed by atoms with Crippen LogP contribution in [0, 0.1) is 5.82 Å². The summed E-state index contributed by atoms with van der Waals surface area (Å²) >= 11 is 0. The number of benzene rings is 2. The molecule has 2 rings (SSSR count). The third-order valence-corrected chi connectivity index (χ3v) is 3.57. The molecule has 0 heterocycles. The molecule has 4 nitrogen and oxygen atoms in total. The predicted octanol–water partition coefficient (Wildman–Crippen LogP) is 4.14.